The predicted molar refractivity (Wildman–Crippen MR) is 97.6 cm³/mol. The van der Waals surface area contributed by atoms with Gasteiger partial charge in [-0.05, 0) is 26.3 Å². The van der Waals surface area contributed by atoms with Crippen LogP contribution in [0.1, 0.15) is 37.1 Å². The third-order valence-electron chi connectivity index (χ3n) is 4.33. The molecule has 136 valence electrons. The molecule has 0 saturated carbocycles. The standard InChI is InChI=1S/C17H22FN3O2S2/c1-13(2)20-11-17(19-12-20)25(22,23)21-8-7-16(24-10-9-21)14-5-3-4-6-15(14)18/h3-6,11-13,16H,7-10H2,1-2H3/t16-/m0/s1. The van der Waals surface area contributed by atoms with Gasteiger partial charge < -0.3 is 4.57 Å². The molecule has 1 atom stereocenters. The number of imidazole rings is 1. The Morgan fingerprint density at radius 2 is 2.04 bits per heavy atom. The topological polar surface area (TPSA) is 55.2 Å². The van der Waals surface area contributed by atoms with Crippen LogP contribution in [-0.2, 0) is 10.0 Å². The molecule has 1 fully saturated rings. The number of rotatable bonds is 4. The Morgan fingerprint density at radius 3 is 2.72 bits per heavy atom. The minimum Gasteiger partial charge on any atom is -0.334 e. The number of aromatic nitrogens is 2. The van der Waals surface area contributed by atoms with Crippen LogP contribution in [0.2, 0.25) is 0 Å². The van der Waals surface area contributed by atoms with Gasteiger partial charge in [0.1, 0.15) is 5.82 Å². The highest BCUT2D eigenvalue weighted by Gasteiger charge is 2.30. The predicted octanol–water partition coefficient (Wildman–Crippen LogP) is 3.47. The molecule has 0 bridgehead atoms. The number of nitrogens with zero attached hydrogens (tertiary/aromatic N) is 3. The van der Waals surface area contributed by atoms with Gasteiger partial charge in [0.2, 0.25) is 0 Å². The van der Waals surface area contributed by atoms with Gasteiger partial charge in [-0.1, -0.05) is 18.2 Å². The summed E-state index contributed by atoms with van der Waals surface area (Å²) in [4.78, 5) is 4.07. The van der Waals surface area contributed by atoms with Gasteiger partial charge in [0.15, 0.2) is 5.03 Å². The van der Waals surface area contributed by atoms with Crippen molar-refractivity contribution < 1.29 is 12.8 Å². The summed E-state index contributed by atoms with van der Waals surface area (Å²) in [7, 11) is -3.62. The van der Waals surface area contributed by atoms with Crippen molar-refractivity contribution >= 4 is 21.8 Å². The van der Waals surface area contributed by atoms with E-state index >= 15 is 0 Å². The Morgan fingerprint density at radius 1 is 1.28 bits per heavy atom. The lowest BCUT2D eigenvalue weighted by molar-refractivity contribution is 0.425. The molecule has 1 aliphatic heterocycles. The van der Waals surface area contributed by atoms with Crippen LogP contribution in [0.3, 0.4) is 0 Å². The number of hydrogen-bond donors (Lipinski definition) is 0. The fourth-order valence-electron chi connectivity index (χ4n) is 2.84. The molecule has 0 spiro atoms. The van der Waals surface area contributed by atoms with Crippen LogP contribution in [0.15, 0.2) is 41.8 Å². The molecule has 0 amide bonds. The van der Waals surface area contributed by atoms with Crippen molar-refractivity contribution in [3.8, 4) is 0 Å². The van der Waals surface area contributed by atoms with Gasteiger partial charge in [0.25, 0.3) is 10.0 Å². The summed E-state index contributed by atoms with van der Waals surface area (Å²) in [5, 5.41) is 0.0464. The van der Waals surface area contributed by atoms with Crippen molar-refractivity contribution in [2.45, 2.75) is 36.6 Å². The maximum absolute atomic E-state index is 14.0. The van der Waals surface area contributed by atoms with E-state index in [0.717, 1.165) is 0 Å². The molecular formula is C17H22FN3O2S2. The highest BCUT2D eigenvalue weighted by Crippen LogP contribution is 2.36. The third kappa shape index (κ3) is 3.91. The summed E-state index contributed by atoms with van der Waals surface area (Å²) in [6.45, 7) is 4.72. The molecule has 2 heterocycles. The second kappa shape index (κ2) is 7.47. The van der Waals surface area contributed by atoms with E-state index in [4.69, 9.17) is 0 Å². The SMILES string of the molecule is CC(C)n1cnc(S(=O)(=O)N2CCS[C@H](c3ccccc3F)CC2)c1. The zero-order valence-corrected chi connectivity index (χ0v) is 15.9. The summed E-state index contributed by atoms with van der Waals surface area (Å²) in [6, 6.07) is 6.87. The number of hydrogen-bond acceptors (Lipinski definition) is 4. The number of sulfonamides is 1. The lowest BCUT2D eigenvalue weighted by Gasteiger charge is -2.18. The molecular weight excluding hydrogens is 361 g/mol. The van der Waals surface area contributed by atoms with Crippen LogP contribution in [0.5, 0.6) is 0 Å². The van der Waals surface area contributed by atoms with Crippen molar-refractivity contribution in [2.75, 3.05) is 18.8 Å². The first-order valence-electron chi connectivity index (χ1n) is 8.29. The van der Waals surface area contributed by atoms with E-state index in [1.807, 2.05) is 19.9 Å². The van der Waals surface area contributed by atoms with E-state index in [1.165, 1.54) is 10.4 Å². The van der Waals surface area contributed by atoms with Crippen LogP contribution in [0, 0.1) is 5.82 Å². The van der Waals surface area contributed by atoms with E-state index < -0.39 is 10.0 Å². The molecule has 3 rings (SSSR count). The molecule has 0 aliphatic carbocycles. The van der Waals surface area contributed by atoms with Gasteiger partial charge in [0.05, 0.1) is 6.33 Å². The minimum atomic E-state index is -3.62. The van der Waals surface area contributed by atoms with E-state index in [2.05, 4.69) is 4.98 Å². The molecule has 1 aromatic heterocycles. The maximum Gasteiger partial charge on any atom is 0.262 e. The highest BCUT2D eigenvalue weighted by molar-refractivity contribution is 7.99. The van der Waals surface area contributed by atoms with E-state index in [9.17, 15) is 12.8 Å². The van der Waals surface area contributed by atoms with E-state index in [1.54, 1.807) is 41.0 Å². The van der Waals surface area contributed by atoms with Gasteiger partial charge >= 0.3 is 0 Å². The van der Waals surface area contributed by atoms with E-state index in [-0.39, 0.29) is 22.1 Å². The molecule has 5 nitrogen and oxygen atoms in total. The first-order chi connectivity index (χ1) is 11.9. The van der Waals surface area contributed by atoms with Crippen molar-refractivity contribution in [1.29, 1.82) is 0 Å². The lowest BCUT2D eigenvalue weighted by Crippen LogP contribution is -2.33. The number of halogens is 1. The van der Waals surface area contributed by atoms with Crippen LogP contribution in [-0.4, -0.2) is 41.1 Å². The number of benzene rings is 1. The first kappa shape index (κ1) is 18.4. The van der Waals surface area contributed by atoms with Gasteiger partial charge in [-0.25, -0.2) is 17.8 Å². The molecule has 0 N–H and O–H groups in total. The Kier molecular flexibility index (Phi) is 5.50. The highest BCUT2D eigenvalue weighted by atomic mass is 32.2. The molecule has 0 radical (unpaired) electrons. The second-order valence-corrected chi connectivity index (χ2v) is 9.52. The zero-order valence-electron chi connectivity index (χ0n) is 14.3. The summed E-state index contributed by atoms with van der Waals surface area (Å²) in [5.41, 5.74) is 0.649. The average molecular weight is 384 g/mol. The average Bonchev–Trinajstić information content (AvgIpc) is 2.95. The summed E-state index contributed by atoms with van der Waals surface area (Å²) in [6.07, 6.45) is 3.70. The smallest absolute Gasteiger partial charge is 0.262 e. The second-order valence-electron chi connectivity index (χ2n) is 6.33. The fourth-order valence-corrected chi connectivity index (χ4v) is 5.59. The Balaban J connectivity index is 1.77. The molecule has 1 saturated heterocycles. The largest absolute Gasteiger partial charge is 0.334 e. The molecule has 8 heteroatoms. The van der Waals surface area contributed by atoms with Crippen molar-refractivity contribution in [1.82, 2.24) is 13.9 Å². The Bertz CT molecular complexity index is 836. The van der Waals surface area contributed by atoms with Crippen LogP contribution in [0.4, 0.5) is 4.39 Å². The normalized spacial score (nSPS) is 19.9. The third-order valence-corrected chi connectivity index (χ3v) is 7.43. The van der Waals surface area contributed by atoms with Crippen LogP contribution in [0.25, 0.3) is 0 Å². The van der Waals surface area contributed by atoms with Gasteiger partial charge in [0, 0.05) is 41.9 Å². The van der Waals surface area contributed by atoms with Crippen molar-refractivity contribution in [3.05, 3.63) is 48.2 Å². The van der Waals surface area contributed by atoms with Gasteiger partial charge in [-0.3, -0.25) is 0 Å². The molecule has 25 heavy (non-hydrogen) atoms. The Hall–Kier alpha value is -1.38. The summed E-state index contributed by atoms with van der Waals surface area (Å²) >= 11 is 1.60. The maximum atomic E-state index is 14.0. The quantitative estimate of drug-likeness (QED) is 0.811. The molecule has 2 aromatic rings. The van der Waals surface area contributed by atoms with E-state index in [0.29, 0.717) is 30.8 Å². The van der Waals surface area contributed by atoms with Crippen molar-refractivity contribution in [3.63, 3.8) is 0 Å². The Labute approximate surface area is 152 Å². The fraction of sp³-hybridized carbons (Fsp3) is 0.471. The van der Waals surface area contributed by atoms with Crippen LogP contribution < -0.4 is 0 Å². The number of thioether (sulfide) groups is 1. The molecule has 0 unspecified atom stereocenters. The van der Waals surface area contributed by atoms with Gasteiger partial charge in [-0.2, -0.15) is 16.1 Å². The molecule has 1 aliphatic rings. The minimum absolute atomic E-state index is 0.0328. The zero-order chi connectivity index (χ0) is 18.0. The first-order valence-corrected chi connectivity index (χ1v) is 10.8. The van der Waals surface area contributed by atoms with Crippen LogP contribution >= 0.6 is 11.8 Å². The van der Waals surface area contributed by atoms with Crippen molar-refractivity contribution in [2.24, 2.45) is 0 Å². The van der Waals surface area contributed by atoms with Gasteiger partial charge in [-0.15, -0.1) is 0 Å². The summed E-state index contributed by atoms with van der Waals surface area (Å²) in [5.74, 6) is 0.398. The summed E-state index contributed by atoms with van der Waals surface area (Å²) < 4.78 is 43.0. The lowest BCUT2D eigenvalue weighted by atomic mass is 10.1. The monoisotopic (exact) mass is 383 g/mol. The molecule has 1 aromatic carbocycles.